The predicted molar refractivity (Wildman–Crippen MR) is 131 cm³/mol. The number of rotatable bonds is 7. The fourth-order valence-corrected chi connectivity index (χ4v) is 8.67. The molecule has 1 atom stereocenters. The highest BCUT2D eigenvalue weighted by Crippen LogP contribution is 2.39. The molecule has 6 nitrogen and oxygen atoms in total. The summed E-state index contributed by atoms with van der Waals surface area (Å²) in [7, 11) is 0.336. The first-order chi connectivity index (χ1) is 14.6. The summed E-state index contributed by atoms with van der Waals surface area (Å²) in [6.07, 6.45) is 8.34. The molecule has 170 valence electrons. The monoisotopic (exact) mass is 501 g/mol. The van der Waals surface area contributed by atoms with Crippen LogP contribution in [0.15, 0.2) is 41.6 Å². The zero-order valence-corrected chi connectivity index (χ0v) is 20.6. The molecule has 1 aromatic heterocycles. The highest BCUT2D eigenvalue weighted by atomic mass is 35.5. The van der Waals surface area contributed by atoms with Gasteiger partial charge in [-0.15, -0.1) is 12.4 Å². The maximum atomic E-state index is 13.2. The zero-order chi connectivity index (χ0) is 21.0. The molecule has 1 aromatic carbocycles. The maximum Gasteiger partial charge on any atom is 0.243 e. The number of benzene rings is 1. The van der Waals surface area contributed by atoms with E-state index in [0.29, 0.717) is 42.9 Å². The van der Waals surface area contributed by atoms with Crippen LogP contribution >= 0.6 is 34.0 Å². The largest absolute Gasteiger partial charge is 0.340 e. The van der Waals surface area contributed by atoms with Crippen molar-refractivity contribution < 1.29 is 13.2 Å². The second-order valence-corrected chi connectivity index (χ2v) is 12.4. The van der Waals surface area contributed by atoms with Crippen LogP contribution < -0.4 is 0 Å². The molecule has 1 unspecified atom stereocenters. The van der Waals surface area contributed by atoms with Gasteiger partial charge in [-0.3, -0.25) is 9.78 Å². The number of amides is 1. The van der Waals surface area contributed by atoms with Crippen LogP contribution in [0.1, 0.15) is 32.1 Å². The third-order valence-electron chi connectivity index (χ3n) is 5.74. The molecule has 2 aliphatic rings. The number of pyridine rings is 1. The number of nitrogens with zero attached hydrogens (tertiary/aromatic N) is 3. The first-order valence-electron chi connectivity index (χ1n) is 10.4. The molecule has 2 fully saturated rings. The first-order valence-corrected chi connectivity index (χ1v) is 14.3. The van der Waals surface area contributed by atoms with Gasteiger partial charge in [0.15, 0.2) is 0 Å². The minimum absolute atomic E-state index is 0. The summed E-state index contributed by atoms with van der Waals surface area (Å²) in [5, 5.41) is 2.25. The Hall–Kier alpha value is -1.00. The van der Waals surface area contributed by atoms with Gasteiger partial charge < -0.3 is 4.90 Å². The SMILES string of the molecule is Cl.O=C(CCCCC1CCSS1)N1CCN(S(=O)(=O)c2cccc3cnccc23)CC1. The molecule has 0 saturated carbocycles. The van der Waals surface area contributed by atoms with E-state index in [1.54, 1.807) is 30.6 Å². The van der Waals surface area contributed by atoms with Gasteiger partial charge in [-0.05, 0) is 31.4 Å². The molecule has 0 spiro atoms. The number of fused-ring (bicyclic) bond motifs is 1. The number of carbonyl (C=O) groups excluding carboxylic acids is 1. The Kier molecular flexibility index (Phi) is 8.92. The van der Waals surface area contributed by atoms with E-state index >= 15 is 0 Å². The molecule has 2 aromatic rings. The lowest BCUT2D eigenvalue weighted by Gasteiger charge is -2.34. The van der Waals surface area contributed by atoms with Crippen molar-refractivity contribution in [3.05, 3.63) is 36.7 Å². The summed E-state index contributed by atoms with van der Waals surface area (Å²) in [4.78, 5) is 18.7. The van der Waals surface area contributed by atoms with Crippen LogP contribution in [0.2, 0.25) is 0 Å². The molecule has 0 radical (unpaired) electrons. The Bertz CT molecular complexity index is 986. The predicted octanol–water partition coefficient (Wildman–Crippen LogP) is 4.20. The summed E-state index contributed by atoms with van der Waals surface area (Å²) < 4.78 is 27.9. The van der Waals surface area contributed by atoms with Crippen LogP contribution in [0, 0.1) is 0 Å². The maximum absolute atomic E-state index is 13.2. The lowest BCUT2D eigenvalue weighted by Crippen LogP contribution is -2.50. The third-order valence-corrected chi connectivity index (χ3v) is 10.7. The normalized spacial score (nSPS) is 20.0. The number of piperazine rings is 1. The van der Waals surface area contributed by atoms with E-state index in [0.717, 1.165) is 23.5 Å². The molecule has 10 heteroatoms. The van der Waals surface area contributed by atoms with Crippen molar-refractivity contribution >= 4 is 60.7 Å². The van der Waals surface area contributed by atoms with Crippen LogP contribution in [0.25, 0.3) is 10.8 Å². The van der Waals surface area contributed by atoms with Crippen molar-refractivity contribution in [1.29, 1.82) is 0 Å². The van der Waals surface area contributed by atoms with Crippen molar-refractivity contribution in [3.8, 4) is 0 Å². The van der Waals surface area contributed by atoms with Crippen LogP contribution in [0.4, 0.5) is 0 Å². The van der Waals surface area contributed by atoms with Crippen LogP contribution in [-0.2, 0) is 14.8 Å². The first kappa shape index (κ1) is 24.6. The number of unbranched alkanes of at least 4 members (excludes halogenated alkanes) is 1. The van der Waals surface area contributed by atoms with Crippen LogP contribution in [0.3, 0.4) is 0 Å². The van der Waals surface area contributed by atoms with Gasteiger partial charge in [-0.1, -0.05) is 40.1 Å². The molecule has 31 heavy (non-hydrogen) atoms. The van der Waals surface area contributed by atoms with Crippen LogP contribution in [0.5, 0.6) is 0 Å². The van der Waals surface area contributed by atoms with Gasteiger partial charge in [0.25, 0.3) is 0 Å². The Morgan fingerprint density at radius 1 is 1.13 bits per heavy atom. The third kappa shape index (κ3) is 5.87. The average Bonchev–Trinajstić information content (AvgIpc) is 3.30. The van der Waals surface area contributed by atoms with Gasteiger partial charge in [-0.25, -0.2) is 8.42 Å². The van der Waals surface area contributed by atoms with E-state index in [4.69, 9.17) is 0 Å². The van der Waals surface area contributed by atoms with E-state index in [2.05, 4.69) is 4.98 Å². The summed E-state index contributed by atoms with van der Waals surface area (Å²) in [6.45, 7) is 1.59. The van der Waals surface area contributed by atoms with Gasteiger partial charge in [-0.2, -0.15) is 4.31 Å². The quantitative estimate of drug-likeness (QED) is 0.418. The Balaban J connectivity index is 0.00000272. The van der Waals surface area contributed by atoms with Gasteiger partial charge in [0.2, 0.25) is 15.9 Å². The van der Waals surface area contributed by atoms with E-state index in [1.165, 1.54) is 22.9 Å². The molecular weight excluding hydrogens is 474 g/mol. The lowest BCUT2D eigenvalue weighted by atomic mass is 10.1. The van der Waals surface area contributed by atoms with Crippen molar-refractivity contribution in [3.63, 3.8) is 0 Å². The molecule has 4 rings (SSSR count). The Morgan fingerprint density at radius 2 is 1.94 bits per heavy atom. The standard InChI is InChI=1S/C21H27N3O3S3.ClH/c25-21(7-2-1-5-18-9-15-28-29-18)23-11-13-24(14-12-23)30(26,27)20-6-3-4-17-16-22-10-8-19(17)20;/h3-4,6,8,10,16,18H,1-2,5,7,9,11-15H2;1H. The highest BCUT2D eigenvalue weighted by Gasteiger charge is 2.31. The van der Waals surface area contributed by atoms with Crippen LogP contribution in [-0.4, -0.2) is 65.7 Å². The molecule has 2 saturated heterocycles. The van der Waals surface area contributed by atoms with Gasteiger partial charge in [0.05, 0.1) is 4.90 Å². The minimum Gasteiger partial charge on any atom is -0.340 e. The van der Waals surface area contributed by atoms with Gasteiger partial charge >= 0.3 is 0 Å². The highest BCUT2D eigenvalue weighted by molar-refractivity contribution is 8.77. The molecular formula is C21H28ClN3O3S3. The van der Waals surface area contributed by atoms with Gasteiger partial charge in [0, 0.05) is 66.8 Å². The summed E-state index contributed by atoms with van der Waals surface area (Å²) in [6, 6.07) is 7.00. The lowest BCUT2D eigenvalue weighted by molar-refractivity contribution is -0.132. The summed E-state index contributed by atoms with van der Waals surface area (Å²) >= 11 is 0. The second-order valence-electron chi connectivity index (χ2n) is 7.71. The smallest absolute Gasteiger partial charge is 0.243 e. The number of hydrogen-bond acceptors (Lipinski definition) is 6. The van der Waals surface area contributed by atoms with Crippen molar-refractivity contribution in [2.45, 2.75) is 42.2 Å². The fraction of sp³-hybridized carbons (Fsp3) is 0.524. The van der Waals surface area contributed by atoms with Crippen molar-refractivity contribution in [2.75, 3.05) is 31.9 Å². The van der Waals surface area contributed by atoms with E-state index in [-0.39, 0.29) is 18.3 Å². The topological polar surface area (TPSA) is 70.6 Å². The molecule has 0 bridgehead atoms. The summed E-state index contributed by atoms with van der Waals surface area (Å²) in [5.41, 5.74) is 0. The van der Waals surface area contributed by atoms with E-state index in [1.807, 2.05) is 32.6 Å². The van der Waals surface area contributed by atoms with E-state index < -0.39 is 10.0 Å². The number of carbonyl (C=O) groups is 1. The Morgan fingerprint density at radius 3 is 2.68 bits per heavy atom. The van der Waals surface area contributed by atoms with Crippen molar-refractivity contribution in [2.24, 2.45) is 0 Å². The number of sulfonamides is 1. The molecule has 3 heterocycles. The Labute approximate surface area is 198 Å². The number of halogens is 1. The zero-order valence-electron chi connectivity index (χ0n) is 17.3. The molecule has 0 N–H and O–H groups in total. The average molecular weight is 502 g/mol. The number of hydrogen-bond donors (Lipinski definition) is 0. The fourth-order valence-electron chi connectivity index (χ4n) is 4.01. The molecule has 0 aliphatic carbocycles. The minimum atomic E-state index is -3.60. The molecule has 2 aliphatic heterocycles. The molecule has 1 amide bonds. The van der Waals surface area contributed by atoms with Crippen molar-refractivity contribution in [1.82, 2.24) is 14.2 Å². The van der Waals surface area contributed by atoms with Gasteiger partial charge in [0.1, 0.15) is 0 Å². The summed E-state index contributed by atoms with van der Waals surface area (Å²) in [5.74, 6) is 1.40. The number of aromatic nitrogens is 1. The van der Waals surface area contributed by atoms with E-state index in [9.17, 15) is 13.2 Å². The second kappa shape index (κ2) is 11.2.